The van der Waals surface area contributed by atoms with Crippen LogP contribution in [0.15, 0.2) is 109 Å². The molecule has 6 aromatic carbocycles. The van der Waals surface area contributed by atoms with Gasteiger partial charge < -0.3 is 0 Å². The van der Waals surface area contributed by atoms with E-state index < -0.39 is 0 Å². The molecule has 6 aromatic rings. The van der Waals surface area contributed by atoms with Crippen LogP contribution in [0.25, 0.3) is 54.9 Å². The van der Waals surface area contributed by atoms with Gasteiger partial charge in [-0.2, -0.15) is 0 Å². The van der Waals surface area contributed by atoms with E-state index in [2.05, 4.69) is 137 Å². The first-order valence-electron chi connectivity index (χ1n) is 12.7. The normalized spacial score (nSPS) is 11.3. The molecule has 0 atom stereocenters. The lowest BCUT2D eigenvalue weighted by Crippen LogP contribution is -1.97. The smallest absolute Gasteiger partial charge is 0.00671 e. The molecule has 0 aliphatic carbocycles. The topological polar surface area (TPSA) is 0 Å². The SMILES string of the molecule is Cc1cccc(-c2ccc3ccccc3c2C)c1-c1c(C)cccc1-c1ccc2ccccc2c1C. The summed E-state index contributed by atoms with van der Waals surface area (Å²) in [6.45, 7) is 9.02. The van der Waals surface area contributed by atoms with Gasteiger partial charge in [-0.05, 0) is 105 Å². The van der Waals surface area contributed by atoms with Crippen LogP contribution in [0.3, 0.4) is 0 Å². The third kappa shape index (κ3) is 3.53. The molecule has 0 aliphatic rings. The highest BCUT2D eigenvalue weighted by Gasteiger charge is 2.19. The lowest BCUT2D eigenvalue weighted by Gasteiger charge is -2.22. The maximum Gasteiger partial charge on any atom is -0.00671 e. The van der Waals surface area contributed by atoms with Crippen molar-refractivity contribution < 1.29 is 0 Å². The van der Waals surface area contributed by atoms with Gasteiger partial charge in [-0.25, -0.2) is 0 Å². The minimum absolute atomic E-state index is 1.29. The summed E-state index contributed by atoms with van der Waals surface area (Å²) in [5.74, 6) is 0. The van der Waals surface area contributed by atoms with E-state index in [9.17, 15) is 0 Å². The highest BCUT2D eigenvalue weighted by Crippen LogP contribution is 2.44. The van der Waals surface area contributed by atoms with Crippen molar-refractivity contribution in [1.29, 1.82) is 0 Å². The molecule has 0 aliphatic heterocycles. The molecule has 0 saturated heterocycles. The Morgan fingerprint density at radius 2 is 0.750 bits per heavy atom. The Morgan fingerprint density at radius 3 is 1.19 bits per heavy atom. The van der Waals surface area contributed by atoms with Crippen LogP contribution in [-0.4, -0.2) is 0 Å². The van der Waals surface area contributed by atoms with Gasteiger partial charge >= 0.3 is 0 Å². The van der Waals surface area contributed by atoms with Crippen LogP contribution < -0.4 is 0 Å². The Kier molecular flexibility index (Phi) is 5.46. The largest absolute Gasteiger partial charge is 0.0616 e. The highest BCUT2D eigenvalue weighted by atomic mass is 14.2. The van der Waals surface area contributed by atoms with Gasteiger partial charge in [-0.1, -0.05) is 109 Å². The molecule has 0 spiro atoms. The van der Waals surface area contributed by atoms with E-state index >= 15 is 0 Å². The summed E-state index contributed by atoms with van der Waals surface area (Å²) in [4.78, 5) is 0. The zero-order valence-corrected chi connectivity index (χ0v) is 21.4. The molecular weight excluding hydrogens is 432 g/mol. The molecule has 0 amide bonds. The van der Waals surface area contributed by atoms with Gasteiger partial charge in [0.1, 0.15) is 0 Å². The fraction of sp³-hybridized carbons (Fsp3) is 0.111. The standard InChI is InChI=1S/C36H30/c1-23-11-9-17-33(31-21-19-27-13-5-7-15-29(27)25(31)3)35(23)36-24(2)12-10-18-34(36)32-22-20-28-14-6-8-16-30(28)26(32)4/h5-22H,1-4H3. The Hall–Kier alpha value is -4.16. The van der Waals surface area contributed by atoms with E-state index in [1.54, 1.807) is 0 Å². The molecule has 0 saturated carbocycles. The summed E-state index contributed by atoms with van der Waals surface area (Å²) >= 11 is 0. The monoisotopic (exact) mass is 462 g/mol. The van der Waals surface area contributed by atoms with Gasteiger partial charge in [0.15, 0.2) is 0 Å². The van der Waals surface area contributed by atoms with Gasteiger partial charge in [0.05, 0.1) is 0 Å². The molecule has 0 fully saturated rings. The summed E-state index contributed by atoms with van der Waals surface area (Å²) in [5.41, 5.74) is 13.1. The quantitative estimate of drug-likeness (QED) is 0.245. The molecule has 174 valence electrons. The number of fused-ring (bicyclic) bond motifs is 2. The molecule has 0 aromatic heterocycles. The fourth-order valence-electron chi connectivity index (χ4n) is 5.89. The first kappa shape index (κ1) is 22.3. The maximum atomic E-state index is 2.30. The minimum atomic E-state index is 1.29. The first-order chi connectivity index (χ1) is 17.5. The van der Waals surface area contributed by atoms with Crippen molar-refractivity contribution in [2.24, 2.45) is 0 Å². The Balaban J connectivity index is 1.66. The first-order valence-corrected chi connectivity index (χ1v) is 12.7. The van der Waals surface area contributed by atoms with Gasteiger partial charge in [0.2, 0.25) is 0 Å². The predicted octanol–water partition coefficient (Wildman–Crippen LogP) is 10.2. The zero-order chi connectivity index (χ0) is 24.8. The van der Waals surface area contributed by atoms with E-state index in [4.69, 9.17) is 0 Å². The molecule has 0 nitrogen and oxygen atoms in total. The average molecular weight is 463 g/mol. The molecule has 0 bridgehead atoms. The number of hydrogen-bond donors (Lipinski definition) is 0. The Bertz CT molecular complexity index is 1630. The van der Waals surface area contributed by atoms with Crippen molar-refractivity contribution in [3.8, 4) is 33.4 Å². The van der Waals surface area contributed by atoms with Crippen molar-refractivity contribution in [2.45, 2.75) is 27.7 Å². The maximum absolute atomic E-state index is 2.30. The third-order valence-electron chi connectivity index (χ3n) is 7.77. The highest BCUT2D eigenvalue weighted by molar-refractivity contribution is 6.01. The zero-order valence-electron chi connectivity index (χ0n) is 21.4. The van der Waals surface area contributed by atoms with Crippen molar-refractivity contribution in [3.05, 3.63) is 131 Å². The van der Waals surface area contributed by atoms with Crippen molar-refractivity contribution >= 4 is 21.5 Å². The van der Waals surface area contributed by atoms with Gasteiger partial charge in [0, 0.05) is 0 Å². The molecule has 0 heterocycles. The third-order valence-corrected chi connectivity index (χ3v) is 7.77. The Labute approximate surface area is 213 Å². The van der Waals surface area contributed by atoms with E-state index in [-0.39, 0.29) is 0 Å². The number of aryl methyl sites for hydroxylation is 4. The number of benzene rings is 6. The lowest BCUT2D eigenvalue weighted by molar-refractivity contribution is 1.39. The second kappa shape index (κ2) is 8.81. The van der Waals surface area contributed by atoms with E-state index in [0.29, 0.717) is 0 Å². The van der Waals surface area contributed by atoms with Crippen LogP contribution in [0.2, 0.25) is 0 Å². The molecule has 6 rings (SSSR count). The molecule has 0 heteroatoms. The molecule has 0 unspecified atom stereocenters. The minimum Gasteiger partial charge on any atom is -0.0616 e. The van der Waals surface area contributed by atoms with Gasteiger partial charge in [0.25, 0.3) is 0 Å². The Morgan fingerprint density at radius 1 is 0.333 bits per heavy atom. The molecule has 0 N–H and O–H groups in total. The van der Waals surface area contributed by atoms with E-state index in [0.717, 1.165) is 0 Å². The second-order valence-corrected chi connectivity index (χ2v) is 9.91. The summed E-state index contributed by atoms with van der Waals surface area (Å²) in [6, 6.07) is 40.0. The molecular formula is C36H30. The van der Waals surface area contributed by atoms with Crippen LogP contribution >= 0.6 is 0 Å². The van der Waals surface area contributed by atoms with Crippen LogP contribution in [0.5, 0.6) is 0 Å². The van der Waals surface area contributed by atoms with Crippen molar-refractivity contribution in [2.75, 3.05) is 0 Å². The van der Waals surface area contributed by atoms with Gasteiger partial charge in [-0.15, -0.1) is 0 Å². The van der Waals surface area contributed by atoms with E-state index in [1.807, 2.05) is 0 Å². The van der Waals surface area contributed by atoms with Crippen molar-refractivity contribution in [3.63, 3.8) is 0 Å². The summed E-state index contributed by atoms with van der Waals surface area (Å²) < 4.78 is 0. The average Bonchev–Trinajstić information content (AvgIpc) is 2.90. The second-order valence-electron chi connectivity index (χ2n) is 9.91. The van der Waals surface area contributed by atoms with E-state index in [1.165, 1.54) is 77.2 Å². The molecule has 0 radical (unpaired) electrons. The van der Waals surface area contributed by atoms with Gasteiger partial charge in [-0.3, -0.25) is 0 Å². The molecule has 36 heavy (non-hydrogen) atoms. The summed E-state index contributed by atoms with van der Waals surface area (Å²) in [6.07, 6.45) is 0. The fourth-order valence-corrected chi connectivity index (χ4v) is 5.89. The van der Waals surface area contributed by atoms with Crippen molar-refractivity contribution in [1.82, 2.24) is 0 Å². The van der Waals surface area contributed by atoms with Crippen LogP contribution in [0, 0.1) is 27.7 Å². The van der Waals surface area contributed by atoms with Crippen LogP contribution in [0.1, 0.15) is 22.3 Å². The van der Waals surface area contributed by atoms with Crippen LogP contribution in [0.4, 0.5) is 0 Å². The van der Waals surface area contributed by atoms with Crippen LogP contribution in [-0.2, 0) is 0 Å². The number of rotatable bonds is 3. The predicted molar refractivity (Wildman–Crippen MR) is 157 cm³/mol. The summed E-state index contributed by atoms with van der Waals surface area (Å²) in [7, 11) is 0. The summed E-state index contributed by atoms with van der Waals surface area (Å²) in [5, 5.41) is 5.21. The lowest BCUT2D eigenvalue weighted by atomic mass is 9.82. The number of hydrogen-bond acceptors (Lipinski definition) is 0.